The van der Waals surface area contributed by atoms with E-state index in [2.05, 4.69) is 17.9 Å². The number of hydrogen-bond acceptors (Lipinski definition) is 2. The molecular weight excluding hydrogens is 222 g/mol. The van der Waals surface area contributed by atoms with Gasteiger partial charge < -0.3 is 5.32 Å². The Morgan fingerprint density at radius 2 is 2.12 bits per heavy atom. The zero-order chi connectivity index (χ0) is 12.1. The third-order valence-electron chi connectivity index (χ3n) is 2.20. The van der Waals surface area contributed by atoms with E-state index in [0.29, 0.717) is 6.42 Å². The third-order valence-corrected chi connectivity index (χ3v) is 2.51. The SMILES string of the molecule is CC(=O)N[C@@H](Cc1cccc(C)c1)C(=O)S. The van der Waals surface area contributed by atoms with Gasteiger partial charge in [-0.05, 0) is 12.5 Å². The summed E-state index contributed by atoms with van der Waals surface area (Å²) in [5.41, 5.74) is 2.15. The molecule has 0 aliphatic heterocycles. The molecule has 1 aromatic carbocycles. The van der Waals surface area contributed by atoms with Crippen molar-refractivity contribution in [3.63, 3.8) is 0 Å². The number of hydrogen-bond donors (Lipinski definition) is 2. The second-order valence-corrected chi connectivity index (χ2v) is 4.23. The minimum atomic E-state index is -0.553. The Morgan fingerprint density at radius 3 is 2.62 bits per heavy atom. The van der Waals surface area contributed by atoms with Crippen LogP contribution in [0.25, 0.3) is 0 Å². The highest BCUT2D eigenvalue weighted by Crippen LogP contribution is 2.08. The average Bonchev–Trinajstić information content (AvgIpc) is 2.15. The summed E-state index contributed by atoms with van der Waals surface area (Å²) in [4.78, 5) is 22.1. The topological polar surface area (TPSA) is 46.2 Å². The summed E-state index contributed by atoms with van der Waals surface area (Å²) in [7, 11) is 0. The summed E-state index contributed by atoms with van der Waals surface area (Å²) >= 11 is 3.77. The summed E-state index contributed by atoms with van der Waals surface area (Å²) in [6.45, 7) is 3.37. The fourth-order valence-corrected chi connectivity index (χ4v) is 1.68. The van der Waals surface area contributed by atoms with Crippen LogP contribution in [0.1, 0.15) is 18.1 Å². The fraction of sp³-hybridized carbons (Fsp3) is 0.333. The number of nitrogens with one attached hydrogen (secondary N) is 1. The second-order valence-electron chi connectivity index (χ2n) is 3.78. The molecule has 0 radical (unpaired) electrons. The number of benzene rings is 1. The van der Waals surface area contributed by atoms with Crippen molar-refractivity contribution < 1.29 is 9.59 Å². The predicted molar refractivity (Wildman–Crippen MR) is 66.5 cm³/mol. The minimum absolute atomic E-state index is 0.222. The maximum absolute atomic E-state index is 11.2. The molecule has 0 spiro atoms. The number of amides is 1. The van der Waals surface area contributed by atoms with E-state index >= 15 is 0 Å². The molecule has 1 aromatic rings. The molecular formula is C12H15NO2S. The Hall–Kier alpha value is -1.29. The molecule has 1 rings (SSSR count). The molecule has 0 saturated heterocycles. The van der Waals surface area contributed by atoms with Crippen LogP contribution in [0.2, 0.25) is 0 Å². The van der Waals surface area contributed by atoms with Crippen molar-refractivity contribution in [2.45, 2.75) is 26.3 Å². The molecule has 1 atom stereocenters. The Kier molecular flexibility index (Phi) is 4.55. The second kappa shape index (κ2) is 5.70. The van der Waals surface area contributed by atoms with Crippen molar-refractivity contribution in [3.8, 4) is 0 Å². The highest BCUT2D eigenvalue weighted by atomic mass is 32.1. The molecule has 0 saturated carbocycles. The van der Waals surface area contributed by atoms with Gasteiger partial charge in [0.2, 0.25) is 11.0 Å². The molecule has 4 heteroatoms. The van der Waals surface area contributed by atoms with E-state index in [1.54, 1.807) is 0 Å². The Balaban J connectivity index is 2.75. The van der Waals surface area contributed by atoms with Crippen LogP contribution in [0.5, 0.6) is 0 Å². The van der Waals surface area contributed by atoms with Crippen LogP contribution in [-0.2, 0) is 16.0 Å². The Morgan fingerprint density at radius 1 is 1.44 bits per heavy atom. The normalized spacial score (nSPS) is 11.9. The summed E-state index contributed by atoms with van der Waals surface area (Å²) < 4.78 is 0. The van der Waals surface area contributed by atoms with Gasteiger partial charge in [0.15, 0.2) is 0 Å². The van der Waals surface area contributed by atoms with E-state index in [4.69, 9.17) is 0 Å². The van der Waals surface area contributed by atoms with Gasteiger partial charge in [-0.1, -0.05) is 29.8 Å². The quantitative estimate of drug-likeness (QED) is 0.780. The standard InChI is InChI=1S/C12H15NO2S/c1-8-4-3-5-10(6-8)7-11(12(15)16)13-9(2)14/h3-6,11H,7H2,1-2H3,(H,13,14)(H,15,16)/t11-/m0/s1. The molecule has 1 N–H and O–H groups in total. The molecule has 3 nitrogen and oxygen atoms in total. The first-order chi connectivity index (χ1) is 7.49. The van der Waals surface area contributed by atoms with E-state index in [1.165, 1.54) is 6.92 Å². The molecule has 0 aliphatic carbocycles. The third kappa shape index (κ3) is 4.06. The first-order valence-electron chi connectivity index (χ1n) is 5.04. The fourth-order valence-electron chi connectivity index (χ4n) is 1.52. The van der Waals surface area contributed by atoms with Crippen molar-refractivity contribution in [2.24, 2.45) is 0 Å². The minimum Gasteiger partial charge on any atom is -0.345 e. The number of rotatable bonds is 4. The van der Waals surface area contributed by atoms with Crippen LogP contribution in [0.15, 0.2) is 24.3 Å². The van der Waals surface area contributed by atoms with Crippen molar-refractivity contribution in [2.75, 3.05) is 0 Å². The molecule has 0 aromatic heterocycles. The monoisotopic (exact) mass is 237 g/mol. The number of carbonyl (C=O) groups excluding carboxylic acids is 2. The maximum atomic E-state index is 11.2. The van der Waals surface area contributed by atoms with Gasteiger partial charge in [-0.3, -0.25) is 9.59 Å². The lowest BCUT2D eigenvalue weighted by Gasteiger charge is -2.14. The van der Waals surface area contributed by atoms with Crippen molar-refractivity contribution in [1.82, 2.24) is 5.32 Å². The van der Waals surface area contributed by atoms with E-state index in [-0.39, 0.29) is 11.0 Å². The van der Waals surface area contributed by atoms with Crippen LogP contribution >= 0.6 is 12.6 Å². The van der Waals surface area contributed by atoms with Gasteiger partial charge in [-0.25, -0.2) is 0 Å². The summed E-state index contributed by atoms with van der Waals surface area (Å²) in [6.07, 6.45) is 0.476. The lowest BCUT2D eigenvalue weighted by Crippen LogP contribution is -2.39. The van der Waals surface area contributed by atoms with Crippen molar-refractivity contribution in [1.29, 1.82) is 0 Å². The van der Waals surface area contributed by atoms with Gasteiger partial charge >= 0.3 is 0 Å². The van der Waals surface area contributed by atoms with E-state index < -0.39 is 6.04 Å². The zero-order valence-corrected chi connectivity index (χ0v) is 10.3. The highest BCUT2D eigenvalue weighted by Gasteiger charge is 2.16. The molecule has 0 unspecified atom stereocenters. The average molecular weight is 237 g/mol. The Labute approximate surface area is 101 Å². The van der Waals surface area contributed by atoms with Crippen LogP contribution in [0.3, 0.4) is 0 Å². The maximum Gasteiger partial charge on any atom is 0.217 e. The highest BCUT2D eigenvalue weighted by molar-refractivity contribution is 7.96. The van der Waals surface area contributed by atoms with E-state index in [9.17, 15) is 9.59 Å². The van der Waals surface area contributed by atoms with Gasteiger partial charge in [-0.2, -0.15) is 0 Å². The predicted octanol–water partition coefficient (Wildman–Crippen LogP) is 1.50. The summed E-state index contributed by atoms with van der Waals surface area (Å²) in [5, 5.41) is 2.26. The van der Waals surface area contributed by atoms with Crippen LogP contribution < -0.4 is 5.32 Å². The summed E-state index contributed by atoms with van der Waals surface area (Å²) in [6, 6.07) is 7.28. The molecule has 1 amide bonds. The van der Waals surface area contributed by atoms with Gasteiger partial charge in [0, 0.05) is 13.3 Å². The van der Waals surface area contributed by atoms with E-state index in [1.807, 2.05) is 31.2 Å². The van der Waals surface area contributed by atoms with Crippen molar-refractivity contribution >= 4 is 23.7 Å². The molecule has 0 fully saturated rings. The smallest absolute Gasteiger partial charge is 0.217 e. The Bertz CT molecular complexity index is 404. The van der Waals surface area contributed by atoms with Crippen LogP contribution in [0, 0.1) is 6.92 Å². The molecule has 0 bridgehead atoms. The number of thiol groups is 1. The molecule has 0 aliphatic rings. The van der Waals surface area contributed by atoms with Gasteiger partial charge in [-0.15, -0.1) is 12.6 Å². The van der Waals surface area contributed by atoms with Gasteiger partial charge in [0.25, 0.3) is 0 Å². The largest absolute Gasteiger partial charge is 0.345 e. The number of aryl methyl sites for hydroxylation is 1. The first-order valence-corrected chi connectivity index (χ1v) is 5.49. The lowest BCUT2D eigenvalue weighted by molar-refractivity contribution is -0.123. The molecule has 0 heterocycles. The van der Waals surface area contributed by atoms with Crippen LogP contribution in [0.4, 0.5) is 0 Å². The molecule has 86 valence electrons. The van der Waals surface area contributed by atoms with Gasteiger partial charge in [0.1, 0.15) is 6.04 Å². The zero-order valence-electron chi connectivity index (χ0n) is 9.36. The van der Waals surface area contributed by atoms with E-state index in [0.717, 1.165) is 11.1 Å². The first kappa shape index (κ1) is 12.8. The van der Waals surface area contributed by atoms with Crippen molar-refractivity contribution in [3.05, 3.63) is 35.4 Å². The van der Waals surface area contributed by atoms with Gasteiger partial charge in [0.05, 0.1) is 0 Å². The van der Waals surface area contributed by atoms with Crippen LogP contribution in [-0.4, -0.2) is 17.1 Å². The lowest BCUT2D eigenvalue weighted by atomic mass is 10.0. The molecule has 16 heavy (non-hydrogen) atoms. The number of carbonyl (C=O) groups is 2. The summed E-state index contributed by atoms with van der Waals surface area (Å²) in [5.74, 6) is -0.222.